The normalized spacial score (nSPS) is 22.3. The molecule has 2 atom stereocenters. The molecule has 29 heavy (non-hydrogen) atoms. The molecular weight excluding hydrogens is 370 g/mol. The van der Waals surface area contributed by atoms with E-state index in [0.29, 0.717) is 34.5 Å². The minimum Gasteiger partial charge on any atom is -0.364 e. The number of aromatic nitrogens is 3. The molecule has 2 aliphatic heterocycles. The number of likely N-dealkylation sites (tertiary alicyclic amines) is 1. The smallest absolute Gasteiger partial charge is 0.270 e. The number of fused-ring (bicyclic) bond motifs is 2. The quantitative estimate of drug-likeness (QED) is 0.514. The van der Waals surface area contributed by atoms with Crippen LogP contribution in [0.1, 0.15) is 16.1 Å². The Kier molecular flexibility index (Phi) is 3.54. The SMILES string of the molecule is CN1CC2OC2(C#Cc2cccc(-c3nc(C(N)=O)c4ccn(C)c4n3)c2)C1=O. The fourth-order valence-corrected chi connectivity index (χ4v) is 3.68. The summed E-state index contributed by atoms with van der Waals surface area (Å²) < 4.78 is 7.32. The van der Waals surface area contributed by atoms with Gasteiger partial charge in [0.05, 0.1) is 11.9 Å². The van der Waals surface area contributed by atoms with Crippen LogP contribution in [-0.4, -0.2) is 56.5 Å². The number of carbonyl (C=O) groups excluding carboxylic acids is 2. The lowest BCUT2D eigenvalue weighted by atomic mass is 10.1. The van der Waals surface area contributed by atoms with Crippen LogP contribution in [0, 0.1) is 11.8 Å². The van der Waals surface area contributed by atoms with E-state index < -0.39 is 11.5 Å². The van der Waals surface area contributed by atoms with Crippen molar-refractivity contribution >= 4 is 22.8 Å². The number of carbonyl (C=O) groups is 2. The third kappa shape index (κ3) is 2.59. The molecule has 0 bridgehead atoms. The first-order chi connectivity index (χ1) is 13.9. The lowest BCUT2D eigenvalue weighted by Gasteiger charge is -2.10. The number of hydrogen-bond donors (Lipinski definition) is 1. The molecular formula is C21H17N5O3. The number of amides is 2. The largest absolute Gasteiger partial charge is 0.364 e. The summed E-state index contributed by atoms with van der Waals surface area (Å²) in [5.74, 6) is 5.69. The van der Waals surface area contributed by atoms with Crippen LogP contribution in [0.25, 0.3) is 22.4 Å². The van der Waals surface area contributed by atoms with Gasteiger partial charge in [-0.1, -0.05) is 18.1 Å². The van der Waals surface area contributed by atoms with Gasteiger partial charge in [0.15, 0.2) is 5.82 Å². The zero-order valence-corrected chi connectivity index (χ0v) is 15.8. The van der Waals surface area contributed by atoms with E-state index in [9.17, 15) is 9.59 Å². The molecule has 0 saturated carbocycles. The summed E-state index contributed by atoms with van der Waals surface area (Å²) in [5.41, 5.74) is 6.71. The first kappa shape index (κ1) is 17.4. The summed E-state index contributed by atoms with van der Waals surface area (Å²) >= 11 is 0. The van der Waals surface area contributed by atoms with Gasteiger partial charge in [-0.2, -0.15) is 0 Å². The van der Waals surface area contributed by atoms with E-state index in [1.807, 2.05) is 35.9 Å². The van der Waals surface area contributed by atoms with Crippen molar-refractivity contribution in [3.8, 4) is 23.2 Å². The molecule has 2 aliphatic rings. The molecule has 0 spiro atoms. The van der Waals surface area contributed by atoms with Gasteiger partial charge in [-0.25, -0.2) is 9.97 Å². The highest BCUT2D eigenvalue weighted by Crippen LogP contribution is 2.43. The minimum atomic E-state index is -0.998. The third-order valence-corrected chi connectivity index (χ3v) is 5.30. The van der Waals surface area contributed by atoms with Gasteiger partial charge in [0.2, 0.25) is 5.60 Å². The monoisotopic (exact) mass is 387 g/mol. The first-order valence-electron chi connectivity index (χ1n) is 9.09. The van der Waals surface area contributed by atoms with Crippen molar-refractivity contribution in [2.75, 3.05) is 13.6 Å². The maximum atomic E-state index is 12.2. The summed E-state index contributed by atoms with van der Waals surface area (Å²) in [6, 6.07) is 9.08. The fraction of sp³-hybridized carbons (Fsp3) is 0.238. The molecule has 4 heterocycles. The Morgan fingerprint density at radius 1 is 1.31 bits per heavy atom. The van der Waals surface area contributed by atoms with Crippen LogP contribution in [0.5, 0.6) is 0 Å². The molecule has 2 amide bonds. The number of rotatable bonds is 2. The second-order valence-corrected chi connectivity index (χ2v) is 7.28. The van der Waals surface area contributed by atoms with Gasteiger partial charge in [0, 0.05) is 31.4 Å². The van der Waals surface area contributed by atoms with Crippen molar-refractivity contribution < 1.29 is 14.3 Å². The molecule has 5 rings (SSSR count). The average molecular weight is 387 g/mol. The fourth-order valence-electron chi connectivity index (χ4n) is 3.68. The van der Waals surface area contributed by atoms with E-state index in [1.54, 1.807) is 24.2 Å². The van der Waals surface area contributed by atoms with E-state index in [2.05, 4.69) is 21.8 Å². The maximum Gasteiger partial charge on any atom is 0.270 e. The lowest BCUT2D eigenvalue weighted by molar-refractivity contribution is -0.132. The lowest BCUT2D eigenvalue weighted by Crippen LogP contribution is -2.31. The van der Waals surface area contributed by atoms with Gasteiger partial charge in [0.1, 0.15) is 17.4 Å². The first-order valence-corrected chi connectivity index (χ1v) is 9.09. The molecule has 8 heteroatoms. The molecule has 2 fully saturated rings. The number of benzene rings is 1. The second-order valence-electron chi connectivity index (χ2n) is 7.28. The molecule has 0 radical (unpaired) electrons. The van der Waals surface area contributed by atoms with Crippen LogP contribution in [0.4, 0.5) is 0 Å². The van der Waals surface area contributed by atoms with Gasteiger partial charge in [-0.15, -0.1) is 0 Å². The van der Waals surface area contributed by atoms with Crippen molar-refractivity contribution in [3.05, 3.63) is 47.8 Å². The Morgan fingerprint density at radius 2 is 2.14 bits per heavy atom. The Hall–Kier alpha value is -3.70. The highest BCUT2D eigenvalue weighted by molar-refractivity contribution is 6.03. The number of nitrogens with two attached hydrogens (primary N) is 1. The number of aryl methyl sites for hydroxylation is 1. The van der Waals surface area contributed by atoms with Gasteiger partial charge >= 0.3 is 0 Å². The van der Waals surface area contributed by atoms with Crippen LogP contribution >= 0.6 is 0 Å². The van der Waals surface area contributed by atoms with Crippen molar-refractivity contribution in [2.24, 2.45) is 12.8 Å². The minimum absolute atomic E-state index is 0.102. The Morgan fingerprint density at radius 3 is 2.86 bits per heavy atom. The van der Waals surface area contributed by atoms with Crippen molar-refractivity contribution in [1.82, 2.24) is 19.4 Å². The van der Waals surface area contributed by atoms with Gasteiger partial charge in [-0.05, 0) is 24.1 Å². The zero-order valence-electron chi connectivity index (χ0n) is 15.8. The standard InChI is InChI=1S/C21H17N5O3/c1-25-9-7-14-16(17(22)27)23-18(24-19(14)25)13-5-3-4-12(10-13)6-8-21-15(29-21)11-26(2)20(21)28/h3-5,7,9-10,15H,11H2,1-2H3,(H2,22,27). The van der Waals surface area contributed by atoms with Gasteiger partial charge < -0.3 is 19.9 Å². The second kappa shape index (κ2) is 5.90. The summed E-state index contributed by atoms with van der Waals surface area (Å²) in [7, 11) is 3.59. The summed E-state index contributed by atoms with van der Waals surface area (Å²) in [6.07, 6.45) is 1.65. The topological polar surface area (TPSA) is 107 Å². The number of primary amides is 1. The number of morpholine rings is 1. The van der Waals surface area contributed by atoms with Gasteiger partial charge in [0.25, 0.3) is 11.8 Å². The maximum absolute atomic E-state index is 12.2. The van der Waals surface area contributed by atoms with Crippen molar-refractivity contribution in [3.63, 3.8) is 0 Å². The number of nitrogens with zero attached hydrogens (tertiary/aromatic N) is 4. The van der Waals surface area contributed by atoms with E-state index in [1.165, 1.54) is 0 Å². The molecule has 144 valence electrons. The third-order valence-electron chi connectivity index (χ3n) is 5.30. The Balaban J connectivity index is 1.55. The molecule has 3 aromatic rings. The molecule has 2 N–H and O–H groups in total. The number of likely N-dealkylation sites (N-methyl/N-ethyl adjacent to an activating group) is 1. The molecule has 2 aromatic heterocycles. The highest BCUT2D eigenvalue weighted by atomic mass is 16.6. The molecule has 1 aromatic carbocycles. The van der Waals surface area contributed by atoms with Crippen LogP contribution in [-0.2, 0) is 16.6 Å². The van der Waals surface area contributed by atoms with Crippen LogP contribution in [0.3, 0.4) is 0 Å². The van der Waals surface area contributed by atoms with Crippen molar-refractivity contribution in [1.29, 1.82) is 0 Å². The summed E-state index contributed by atoms with van der Waals surface area (Å²) in [5, 5.41) is 0.611. The predicted molar refractivity (Wildman–Crippen MR) is 105 cm³/mol. The summed E-state index contributed by atoms with van der Waals surface area (Å²) in [4.78, 5) is 34.7. The van der Waals surface area contributed by atoms with E-state index in [4.69, 9.17) is 10.5 Å². The van der Waals surface area contributed by atoms with Crippen molar-refractivity contribution in [2.45, 2.75) is 11.7 Å². The molecule has 0 aliphatic carbocycles. The van der Waals surface area contributed by atoms with E-state index in [-0.39, 0.29) is 17.7 Å². The molecule has 2 saturated heterocycles. The highest BCUT2D eigenvalue weighted by Gasteiger charge is 2.68. The number of hydrogen-bond acceptors (Lipinski definition) is 5. The molecule has 2 unspecified atom stereocenters. The van der Waals surface area contributed by atoms with Gasteiger partial charge in [-0.3, -0.25) is 9.59 Å². The van der Waals surface area contributed by atoms with Crippen LogP contribution in [0.15, 0.2) is 36.5 Å². The van der Waals surface area contributed by atoms with Crippen LogP contribution < -0.4 is 5.73 Å². The van der Waals surface area contributed by atoms with Crippen LogP contribution in [0.2, 0.25) is 0 Å². The average Bonchev–Trinajstić information content (AvgIpc) is 3.20. The van der Waals surface area contributed by atoms with E-state index >= 15 is 0 Å². The summed E-state index contributed by atoms with van der Waals surface area (Å²) in [6.45, 7) is 0.563. The number of ether oxygens (including phenoxy) is 1. The molecule has 8 nitrogen and oxygen atoms in total. The number of epoxide rings is 1. The Labute approximate surface area is 166 Å². The predicted octanol–water partition coefficient (Wildman–Crippen LogP) is 0.695. The zero-order chi connectivity index (χ0) is 20.3. The Bertz CT molecular complexity index is 1270. The van der Waals surface area contributed by atoms with E-state index in [0.717, 1.165) is 0 Å².